The number of hydrogen-bond acceptors (Lipinski definition) is 2. The molecule has 3 nitrogen and oxygen atoms in total. The van der Waals surface area contributed by atoms with Crippen molar-refractivity contribution in [3.05, 3.63) is 34.4 Å². The summed E-state index contributed by atoms with van der Waals surface area (Å²) < 4.78 is 9.02. The lowest BCUT2D eigenvalue weighted by atomic mass is 9.90. The average molecular weight is 351 g/mol. The molecule has 1 N–H and O–H groups in total. The number of ether oxygens (including phenoxy) is 1. The first kappa shape index (κ1) is 15.1. The molecule has 2 aromatic rings. The van der Waals surface area contributed by atoms with Crippen LogP contribution in [0, 0.1) is 0 Å². The van der Waals surface area contributed by atoms with Crippen molar-refractivity contribution in [2.45, 2.75) is 32.2 Å². The van der Waals surface area contributed by atoms with Gasteiger partial charge in [0.25, 0.3) is 0 Å². The van der Waals surface area contributed by atoms with E-state index in [1.165, 1.54) is 29.3 Å². The third-order valence-electron chi connectivity index (χ3n) is 4.33. The van der Waals surface area contributed by atoms with Crippen LogP contribution in [0.5, 0.6) is 0 Å². The molecule has 3 rings (SSSR count). The molecule has 114 valence electrons. The quantitative estimate of drug-likeness (QED) is 0.827. The number of nitrogens with zero attached hydrogens (tertiary/aromatic N) is 1. The van der Waals surface area contributed by atoms with E-state index in [4.69, 9.17) is 4.74 Å². The molecule has 2 heterocycles. The molecule has 0 saturated carbocycles. The van der Waals surface area contributed by atoms with Crippen LogP contribution in [-0.2, 0) is 11.3 Å². The third kappa shape index (κ3) is 3.33. The van der Waals surface area contributed by atoms with E-state index in [1.54, 1.807) is 0 Å². The minimum Gasteiger partial charge on any atom is -0.380 e. The van der Waals surface area contributed by atoms with Gasteiger partial charge in [-0.3, -0.25) is 0 Å². The number of nitrogens with one attached hydrogen (secondary N) is 1. The second-order valence-electron chi connectivity index (χ2n) is 5.66. The zero-order chi connectivity index (χ0) is 14.7. The molecule has 0 unspecified atom stereocenters. The van der Waals surface area contributed by atoms with Crippen LogP contribution in [0.2, 0.25) is 0 Å². The van der Waals surface area contributed by atoms with Gasteiger partial charge < -0.3 is 14.6 Å². The van der Waals surface area contributed by atoms with Gasteiger partial charge in [-0.05, 0) is 56.5 Å². The van der Waals surface area contributed by atoms with E-state index in [-0.39, 0.29) is 0 Å². The Balaban J connectivity index is 1.95. The zero-order valence-electron chi connectivity index (χ0n) is 12.6. The van der Waals surface area contributed by atoms with Crippen molar-refractivity contribution in [1.29, 1.82) is 0 Å². The summed E-state index contributed by atoms with van der Waals surface area (Å²) in [6.07, 6.45) is 4.83. The third-order valence-corrected chi connectivity index (χ3v) is 4.83. The van der Waals surface area contributed by atoms with Gasteiger partial charge in [-0.25, -0.2) is 0 Å². The highest BCUT2D eigenvalue weighted by molar-refractivity contribution is 9.10. The topological polar surface area (TPSA) is 26.2 Å². The van der Waals surface area contributed by atoms with Crippen molar-refractivity contribution < 1.29 is 4.74 Å². The molecule has 0 atom stereocenters. The molecule has 1 fully saturated rings. The first-order chi connectivity index (χ1) is 10.3. The first-order valence-corrected chi connectivity index (χ1v) is 8.65. The molecule has 0 spiro atoms. The molecule has 4 heteroatoms. The molecule has 0 bridgehead atoms. The van der Waals surface area contributed by atoms with Crippen LogP contribution in [0.4, 0.5) is 0 Å². The van der Waals surface area contributed by atoms with Crippen LogP contribution in [0.25, 0.3) is 10.9 Å². The molecule has 1 aliphatic heterocycles. The minimum atomic E-state index is 0.684. The Morgan fingerprint density at radius 2 is 2.14 bits per heavy atom. The second-order valence-corrected chi connectivity index (χ2v) is 6.58. The van der Waals surface area contributed by atoms with Crippen LogP contribution >= 0.6 is 15.9 Å². The summed E-state index contributed by atoms with van der Waals surface area (Å²) in [5.74, 6) is 0.684. The van der Waals surface area contributed by atoms with Gasteiger partial charge in [0, 0.05) is 34.7 Å². The van der Waals surface area contributed by atoms with Crippen LogP contribution in [-0.4, -0.2) is 30.9 Å². The summed E-state index contributed by atoms with van der Waals surface area (Å²) in [6, 6.07) is 6.64. The maximum Gasteiger partial charge on any atom is 0.0645 e. The SMILES string of the molecule is CCOCCn1cc(C2CCNCC2)c2ccc(Br)cc21. The fourth-order valence-corrected chi connectivity index (χ4v) is 3.59. The average Bonchev–Trinajstić information content (AvgIpc) is 2.87. The van der Waals surface area contributed by atoms with Crippen molar-refractivity contribution in [3.8, 4) is 0 Å². The predicted octanol–water partition coefficient (Wildman–Crippen LogP) is 3.91. The van der Waals surface area contributed by atoms with Crippen LogP contribution in [0.15, 0.2) is 28.9 Å². The van der Waals surface area contributed by atoms with Gasteiger partial charge in [-0.1, -0.05) is 22.0 Å². The first-order valence-electron chi connectivity index (χ1n) is 7.86. The van der Waals surface area contributed by atoms with Crippen LogP contribution in [0.3, 0.4) is 0 Å². The smallest absolute Gasteiger partial charge is 0.0645 e. The molecule has 1 aromatic heterocycles. The summed E-state index contributed by atoms with van der Waals surface area (Å²) in [5.41, 5.74) is 2.83. The Morgan fingerprint density at radius 1 is 1.33 bits per heavy atom. The molecule has 1 aliphatic rings. The van der Waals surface area contributed by atoms with Crippen molar-refractivity contribution >= 4 is 26.8 Å². The molecule has 21 heavy (non-hydrogen) atoms. The van der Waals surface area contributed by atoms with E-state index >= 15 is 0 Å². The Kier molecular flexibility index (Phi) is 4.99. The summed E-state index contributed by atoms with van der Waals surface area (Å²) in [7, 11) is 0. The molecule has 1 aromatic carbocycles. The standard InChI is InChI=1S/C17H23BrN2O/c1-2-21-10-9-20-12-16(13-5-7-19-8-6-13)15-4-3-14(18)11-17(15)20/h3-4,11-13,19H,2,5-10H2,1H3. The molecule has 1 saturated heterocycles. The second kappa shape index (κ2) is 6.95. The summed E-state index contributed by atoms with van der Waals surface area (Å²) in [4.78, 5) is 0. The van der Waals surface area contributed by atoms with Crippen LogP contribution < -0.4 is 5.32 Å². The molecular formula is C17H23BrN2O. The number of piperidine rings is 1. The summed E-state index contributed by atoms with van der Waals surface area (Å²) in [5, 5.41) is 4.86. The fourth-order valence-electron chi connectivity index (χ4n) is 3.24. The Morgan fingerprint density at radius 3 is 2.90 bits per heavy atom. The van der Waals surface area contributed by atoms with Gasteiger partial charge >= 0.3 is 0 Å². The van der Waals surface area contributed by atoms with E-state index in [9.17, 15) is 0 Å². The molecule has 0 aliphatic carbocycles. The maximum atomic E-state index is 5.53. The number of rotatable bonds is 5. The summed E-state index contributed by atoms with van der Waals surface area (Å²) >= 11 is 3.60. The molecule has 0 radical (unpaired) electrons. The van der Waals surface area contributed by atoms with Gasteiger partial charge in [-0.2, -0.15) is 0 Å². The summed E-state index contributed by atoms with van der Waals surface area (Å²) in [6.45, 7) is 6.79. The number of hydrogen-bond donors (Lipinski definition) is 1. The lowest BCUT2D eigenvalue weighted by Gasteiger charge is -2.22. The van der Waals surface area contributed by atoms with E-state index in [0.29, 0.717) is 5.92 Å². The highest BCUT2D eigenvalue weighted by atomic mass is 79.9. The minimum absolute atomic E-state index is 0.684. The zero-order valence-corrected chi connectivity index (χ0v) is 14.2. The normalized spacial score (nSPS) is 16.7. The maximum absolute atomic E-state index is 5.53. The number of halogens is 1. The van der Waals surface area contributed by atoms with Crippen LogP contribution in [0.1, 0.15) is 31.2 Å². The van der Waals surface area contributed by atoms with Crippen molar-refractivity contribution in [3.63, 3.8) is 0 Å². The van der Waals surface area contributed by atoms with Gasteiger partial charge in [0.05, 0.1) is 6.61 Å². The van der Waals surface area contributed by atoms with Gasteiger partial charge in [-0.15, -0.1) is 0 Å². The highest BCUT2D eigenvalue weighted by Crippen LogP contribution is 2.34. The van der Waals surface area contributed by atoms with E-state index in [0.717, 1.165) is 37.3 Å². The van der Waals surface area contributed by atoms with Gasteiger partial charge in [0.2, 0.25) is 0 Å². The number of fused-ring (bicyclic) bond motifs is 1. The van der Waals surface area contributed by atoms with Gasteiger partial charge in [0.15, 0.2) is 0 Å². The fraction of sp³-hybridized carbons (Fsp3) is 0.529. The van der Waals surface area contributed by atoms with Crippen molar-refractivity contribution in [2.24, 2.45) is 0 Å². The van der Waals surface area contributed by atoms with E-state index < -0.39 is 0 Å². The Hall–Kier alpha value is -0.840. The predicted molar refractivity (Wildman–Crippen MR) is 91.0 cm³/mol. The van der Waals surface area contributed by atoms with Gasteiger partial charge in [0.1, 0.15) is 0 Å². The Bertz CT molecular complexity index is 602. The monoisotopic (exact) mass is 350 g/mol. The van der Waals surface area contributed by atoms with Crippen molar-refractivity contribution in [1.82, 2.24) is 9.88 Å². The number of benzene rings is 1. The number of aromatic nitrogens is 1. The van der Waals surface area contributed by atoms with E-state index in [1.807, 2.05) is 6.92 Å². The highest BCUT2D eigenvalue weighted by Gasteiger charge is 2.20. The Labute approximate surface area is 134 Å². The molecular weight excluding hydrogens is 328 g/mol. The molecule has 0 amide bonds. The lowest BCUT2D eigenvalue weighted by molar-refractivity contribution is 0.140. The van der Waals surface area contributed by atoms with E-state index in [2.05, 4.69) is 50.2 Å². The van der Waals surface area contributed by atoms with Crippen molar-refractivity contribution in [2.75, 3.05) is 26.3 Å². The lowest BCUT2D eigenvalue weighted by Crippen LogP contribution is -2.26. The largest absolute Gasteiger partial charge is 0.380 e.